The highest BCUT2D eigenvalue weighted by atomic mass is 16.5. The van der Waals surface area contributed by atoms with Gasteiger partial charge in [-0.25, -0.2) is 4.98 Å². The van der Waals surface area contributed by atoms with Crippen molar-refractivity contribution in [1.82, 2.24) is 29.6 Å². The molecule has 7 heteroatoms. The molecule has 1 atom stereocenters. The number of nitrogens with zero attached hydrogens (tertiary/aromatic N) is 6. The highest BCUT2D eigenvalue weighted by Crippen LogP contribution is 2.21. The maximum absolute atomic E-state index is 5.71. The first kappa shape index (κ1) is 13.6. The van der Waals surface area contributed by atoms with Crippen molar-refractivity contribution in [3.05, 3.63) is 30.2 Å². The number of fused-ring (bicyclic) bond motifs is 1. The number of aromatic nitrogens is 5. The second-order valence-electron chi connectivity index (χ2n) is 6.03. The summed E-state index contributed by atoms with van der Waals surface area (Å²) in [5.74, 6) is 3.42. The van der Waals surface area contributed by atoms with Gasteiger partial charge in [-0.15, -0.1) is 10.2 Å². The molecule has 0 amide bonds. The topological polar surface area (TPSA) is 69.0 Å². The maximum atomic E-state index is 5.71. The minimum atomic E-state index is 0.544. The quantitative estimate of drug-likeness (QED) is 0.818. The summed E-state index contributed by atoms with van der Waals surface area (Å²) in [5.41, 5.74) is 0. The first-order valence-electron chi connectivity index (χ1n) is 7.90. The van der Waals surface area contributed by atoms with Crippen molar-refractivity contribution in [2.24, 2.45) is 5.92 Å². The van der Waals surface area contributed by atoms with Crippen LogP contribution in [0.5, 0.6) is 5.88 Å². The normalized spacial score (nSPS) is 21.2. The van der Waals surface area contributed by atoms with E-state index in [1.807, 2.05) is 0 Å². The van der Waals surface area contributed by atoms with Crippen LogP contribution in [-0.4, -0.2) is 49.3 Å². The van der Waals surface area contributed by atoms with Gasteiger partial charge in [0.25, 0.3) is 0 Å². The summed E-state index contributed by atoms with van der Waals surface area (Å²) in [6.07, 6.45) is 8.39. The first-order valence-corrected chi connectivity index (χ1v) is 7.90. The van der Waals surface area contributed by atoms with E-state index < -0.39 is 0 Å². The third-order valence-electron chi connectivity index (χ3n) is 4.43. The van der Waals surface area contributed by atoms with E-state index >= 15 is 0 Å². The van der Waals surface area contributed by atoms with Gasteiger partial charge in [0.05, 0.1) is 19.3 Å². The molecule has 1 fully saturated rings. The highest BCUT2D eigenvalue weighted by molar-refractivity contribution is 5.02. The fourth-order valence-corrected chi connectivity index (χ4v) is 3.28. The Morgan fingerprint density at radius 1 is 1.23 bits per heavy atom. The molecule has 0 N–H and O–H groups in total. The lowest BCUT2D eigenvalue weighted by Gasteiger charge is -2.15. The molecule has 0 aliphatic carbocycles. The van der Waals surface area contributed by atoms with Crippen LogP contribution in [0.4, 0.5) is 0 Å². The van der Waals surface area contributed by atoms with Gasteiger partial charge in [-0.1, -0.05) is 0 Å². The Kier molecular flexibility index (Phi) is 3.72. The van der Waals surface area contributed by atoms with Crippen LogP contribution in [0.1, 0.15) is 24.5 Å². The van der Waals surface area contributed by atoms with Gasteiger partial charge < -0.3 is 9.30 Å². The van der Waals surface area contributed by atoms with Gasteiger partial charge in [0.15, 0.2) is 0 Å². The largest absolute Gasteiger partial charge is 0.476 e. The number of aryl methyl sites for hydroxylation is 1. The summed E-state index contributed by atoms with van der Waals surface area (Å²) < 4.78 is 8.00. The van der Waals surface area contributed by atoms with Gasteiger partial charge in [-0.3, -0.25) is 9.88 Å². The van der Waals surface area contributed by atoms with Crippen LogP contribution in [-0.2, 0) is 19.5 Å². The molecule has 0 saturated carbocycles. The summed E-state index contributed by atoms with van der Waals surface area (Å²) in [7, 11) is 0. The minimum absolute atomic E-state index is 0.544. The molecule has 0 aromatic carbocycles. The zero-order valence-electron chi connectivity index (χ0n) is 12.6. The van der Waals surface area contributed by atoms with Gasteiger partial charge in [-0.2, -0.15) is 0 Å². The third kappa shape index (κ3) is 2.81. The molecule has 0 radical (unpaired) electrons. The molecular weight excluding hydrogens is 280 g/mol. The average molecular weight is 300 g/mol. The minimum Gasteiger partial charge on any atom is -0.476 e. The van der Waals surface area contributed by atoms with Gasteiger partial charge in [-0.05, 0) is 19.4 Å². The van der Waals surface area contributed by atoms with Gasteiger partial charge in [0, 0.05) is 37.8 Å². The van der Waals surface area contributed by atoms with Crippen molar-refractivity contribution in [1.29, 1.82) is 0 Å². The molecular formula is C15H20N6O. The monoisotopic (exact) mass is 300 g/mol. The molecule has 7 nitrogen and oxygen atoms in total. The second kappa shape index (κ2) is 6.00. The van der Waals surface area contributed by atoms with Crippen molar-refractivity contribution < 1.29 is 4.74 Å². The second-order valence-corrected chi connectivity index (χ2v) is 6.03. The maximum Gasteiger partial charge on any atom is 0.232 e. The summed E-state index contributed by atoms with van der Waals surface area (Å²) in [5, 5.41) is 8.62. The lowest BCUT2D eigenvalue weighted by atomic mass is 10.1. The Morgan fingerprint density at radius 2 is 2.23 bits per heavy atom. The fourth-order valence-electron chi connectivity index (χ4n) is 3.28. The third-order valence-corrected chi connectivity index (χ3v) is 4.43. The predicted molar refractivity (Wildman–Crippen MR) is 79.3 cm³/mol. The van der Waals surface area contributed by atoms with E-state index in [9.17, 15) is 0 Å². The lowest BCUT2D eigenvalue weighted by Crippen LogP contribution is -2.24. The van der Waals surface area contributed by atoms with Gasteiger partial charge in [0.2, 0.25) is 5.88 Å². The summed E-state index contributed by atoms with van der Waals surface area (Å²) in [6, 6.07) is 0. The summed E-state index contributed by atoms with van der Waals surface area (Å²) >= 11 is 0. The van der Waals surface area contributed by atoms with Crippen molar-refractivity contribution in [2.75, 3.05) is 19.7 Å². The summed E-state index contributed by atoms with van der Waals surface area (Å²) in [6.45, 7) is 4.81. The van der Waals surface area contributed by atoms with Crippen molar-refractivity contribution in [2.45, 2.75) is 32.4 Å². The van der Waals surface area contributed by atoms with Crippen LogP contribution in [0.15, 0.2) is 18.6 Å². The van der Waals surface area contributed by atoms with Crippen molar-refractivity contribution >= 4 is 0 Å². The van der Waals surface area contributed by atoms with Crippen molar-refractivity contribution in [3.8, 4) is 5.88 Å². The molecule has 1 unspecified atom stereocenters. The van der Waals surface area contributed by atoms with Gasteiger partial charge >= 0.3 is 0 Å². The molecule has 2 aliphatic heterocycles. The van der Waals surface area contributed by atoms with Crippen LogP contribution in [0.2, 0.25) is 0 Å². The van der Waals surface area contributed by atoms with E-state index in [0.29, 0.717) is 18.4 Å². The lowest BCUT2D eigenvalue weighted by molar-refractivity contribution is 0.229. The predicted octanol–water partition coefficient (Wildman–Crippen LogP) is 0.915. The summed E-state index contributed by atoms with van der Waals surface area (Å²) in [4.78, 5) is 10.6. The Labute approximate surface area is 129 Å². The fraction of sp³-hybridized carbons (Fsp3) is 0.600. The van der Waals surface area contributed by atoms with Gasteiger partial charge in [0.1, 0.15) is 11.6 Å². The molecule has 2 aromatic rings. The van der Waals surface area contributed by atoms with Crippen LogP contribution >= 0.6 is 0 Å². The zero-order chi connectivity index (χ0) is 14.8. The molecule has 1 saturated heterocycles. The number of likely N-dealkylation sites (tertiary alicyclic amines) is 1. The number of hydrogen-bond acceptors (Lipinski definition) is 6. The Balaban J connectivity index is 1.29. The number of rotatable bonds is 5. The average Bonchev–Trinajstić information content (AvgIpc) is 3.25. The van der Waals surface area contributed by atoms with Crippen LogP contribution in [0.3, 0.4) is 0 Å². The Morgan fingerprint density at radius 3 is 3.14 bits per heavy atom. The molecule has 4 heterocycles. The number of hydrogen-bond donors (Lipinski definition) is 0. The van der Waals surface area contributed by atoms with E-state index in [2.05, 4.69) is 29.6 Å². The molecule has 0 bridgehead atoms. The van der Waals surface area contributed by atoms with E-state index in [0.717, 1.165) is 50.7 Å². The van der Waals surface area contributed by atoms with E-state index in [1.165, 1.54) is 6.42 Å². The smallest absolute Gasteiger partial charge is 0.232 e. The van der Waals surface area contributed by atoms with Crippen LogP contribution in [0.25, 0.3) is 0 Å². The van der Waals surface area contributed by atoms with E-state index in [4.69, 9.17) is 4.74 Å². The first-order chi connectivity index (χ1) is 10.9. The SMILES string of the molecule is c1cnc(OCC2CCN(Cc3nnc4n3CCC4)C2)cn1. The van der Waals surface area contributed by atoms with Crippen LogP contribution in [0, 0.1) is 5.92 Å². The van der Waals surface area contributed by atoms with E-state index in [1.54, 1.807) is 18.6 Å². The molecule has 2 aromatic heterocycles. The molecule has 22 heavy (non-hydrogen) atoms. The van der Waals surface area contributed by atoms with E-state index in [-0.39, 0.29) is 0 Å². The van der Waals surface area contributed by atoms with Crippen LogP contribution < -0.4 is 4.74 Å². The Bertz CT molecular complexity index is 628. The molecule has 0 spiro atoms. The highest BCUT2D eigenvalue weighted by Gasteiger charge is 2.26. The van der Waals surface area contributed by atoms with Crippen molar-refractivity contribution in [3.63, 3.8) is 0 Å². The molecule has 116 valence electrons. The zero-order valence-corrected chi connectivity index (χ0v) is 12.6. The molecule has 4 rings (SSSR count). The number of ether oxygens (including phenoxy) is 1. The Hall–Kier alpha value is -2.02. The standard InChI is InChI=1S/C15H20N6O/c1-2-13-18-19-14(21(13)6-1)10-20-7-3-12(9-20)11-22-15-8-16-4-5-17-15/h4-5,8,12H,1-3,6-7,9-11H2. The molecule has 2 aliphatic rings.